The predicted octanol–water partition coefficient (Wildman–Crippen LogP) is 4.16. The molecule has 1 atom stereocenters. The number of nitrogens with two attached hydrogens (primary N) is 1. The van der Waals surface area contributed by atoms with Crippen molar-refractivity contribution in [1.82, 2.24) is 0 Å². The molecular weight excluding hydrogens is 290 g/mol. The molecule has 4 heteroatoms. The Bertz CT molecular complexity index is 659. The molecule has 0 heterocycles. The summed E-state index contributed by atoms with van der Waals surface area (Å²) in [6.07, 6.45) is 0. The average molecular weight is 308 g/mol. The SMILES string of the molecule is Cc1cc(C)c(CS(=O)c2ccc(Cl)cc2N)c(C)c1. The fourth-order valence-electron chi connectivity index (χ4n) is 2.37. The highest BCUT2D eigenvalue weighted by atomic mass is 35.5. The van der Waals surface area contributed by atoms with E-state index < -0.39 is 10.8 Å². The van der Waals surface area contributed by atoms with Crippen LogP contribution in [0.3, 0.4) is 0 Å². The van der Waals surface area contributed by atoms with E-state index in [0.29, 0.717) is 21.4 Å². The van der Waals surface area contributed by atoms with E-state index in [9.17, 15) is 4.21 Å². The van der Waals surface area contributed by atoms with Crippen LogP contribution in [0.1, 0.15) is 22.3 Å². The lowest BCUT2D eigenvalue weighted by Gasteiger charge is -2.12. The predicted molar refractivity (Wildman–Crippen MR) is 86.6 cm³/mol. The summed E-state index contributed by atoms with van der Waals surface area (Å²) in [5.41, 5.74) is 11.1. The van der Waals surface area contributed by atoms with Crippen LogP contribution in [0.2, 0.25) is 5.02 Å². The molecule has 0 aliphatic carbocycles. The minimum atomic E-state index is -1.17. The maximum Gasteiger partial charge on any atom is 0.0621 e. The Labute approximate surface area is 127 Å². The number of hydrogen-bond acceptors (Lipinski definition) is 2. The number of rotatable bonds is 3. The Kier molecular flexibility index (Phi) is 4.51. The van der Waals surface area contributed by atoms with Crippen LogP contribution in [-0.4, -0.2) is 4.21 Å². The van der Waals surface area contributed by atoms with E-state index >= 15 is 0 Å². The first-order chi connectivity index (χ1) is 9.38. The van der Waals surface area contributed by atoms with Crippen molar-refractivity contribution < 1.29 is 4.21 Å². The molecule has 0 bridgehead atoms. The standard InChI is InChI=1S/C16H18ClNOS/c1-10-6-11(2)14(12(3)7-10)9-20(19)16-5-4-13(17)8-15(16)18/h4-8H,9,18H2,1-3H3. The normalized spacial score (nSPS) is 12.4. The second kappa shape index (κ2) is 5.98. The molecule has 0 amide bonds. The molecule has 0 fully saturated rings. The minimum absolute atomic E-state index is 0.476. The van der Waals surface area contributed by atoms with Gasteiger partial charge < -0.3 is 5.73 Å². The Morgan fingerprint density at radius 1 is 1.10 bits per heavy atom. The largest absolute Gasteiger partial charge is 0.398 e. The van der Waals surface area contributed by atoms with Crippen LogP contribution in [0.25, 0.3) is 0 Å². The van der Waals surface area contributed by atoms with Crippen molar-refractivity contribution in [1.29, 1.82) is 0 Å². The molecule has 0 spiro atoms. The second-order valence-corrected chi connectivity index (χ2v) is 6.91. The van der Waals surface area contributed by atoms with Gasteiger partial charge in [-0.05, 0) is 55.7 Å². The van der Waals surface area contributed by atoms with Crippen LogP contribution in [0.5, 0.6) is 0 Å². The summed E-state index contributed by atoms with van der Waals surface area (Å²) in [6.45, 7) is 6.17. The van der Waals surface area contributed by atoms with Gasteiger partial charge >= 0.3 is 0 Å². The first-order valence-electron chi connectivity index (χ1n) is 6.38. The second-order valence-electron chi connectivity index (χ2n) is 5.05. The van der Waals surface area contributed by atoms with Gasteiger partial charge in [0.15, 0.2) is 0 Å². The smallest absolute Gasteiger partial charge is 0.0621 e. The molecule has 1 unspecified atom stereocenters. The molecule has 0 aliphatic heterocycles. The summed E-state index contributed by atoms with van der Waals surface area (Å²) in [5.74, 6) is 0.476. The van der Waals surface area contributed by atoms with E-state index in [1.807, 2.05) is 0 Å². The number of aryl methyl sites for hydroxylation is 3. The van der Waals surface area contributed by atoms with Crippen molar-refractivity contribution in [2.24, 2.45) is 0 Å². The third-order valence-electron chi connectivity index (χ3n) is 3.33. The van der Waals surface area contributed by atoms with Gasteiger partial charge in [0.2, 0.25) is 0 Å². The highest BCUT2D eigenvalue weighted by Crippen LogP contribution is 2.25. The molecule has 2 aromatic rings. The molecular formula is C16H18ClNOS. The summed E-state index contributed by atoms with van der Waals surface area (Å²) in [4.78, 5) is 0.647. The highest BCUT2D eigenvalue weighted by molar-refractivity contribution is 7.84. The zero-order valence-electron chi connectivity index (χ0n) is 11.9. The topological polar surface area (TPSA) is 43.1 Å². The van der Waals surface area contributed by atoms with Crippen LogP contribution in [-0.2, 0) is 16.6 Å². The Morgan fingerprint density at radius 3 is 2.25 bits per heavy atom. The molecule has 0 saturated heterocycles. The first kappa shape index (κ1) is 15.1. The molecule has 2 nitrogen and oxygen atoms in total. The first-order valence-corrected chi connectivity index (χ1v) is 8.08. The molecule has 2 aromatic carbocycles. The summed E-state index contributed by atoms with van der Waals surface area (Å²) >= 11 is 5.87. The van der Waals surface area contributed by atoms with Crippen molar-refractivity contribution in [2.75, 3.05) is 5.73 Å². The van der Waals surface area contributed by atoms with Crippen molar-refractivity contribution in [3.63, 3.8) is 0 Å². The number of halogens is 1. The molecule has 106 valence electrons. The molecule has 2 rings (SSSR count). The van der Waals surface area contributed by atoms with E-state index in [-0.39, 0.29) is 0 Å². The summed E-state index contributed by atoms with van der Waals surface area (Å²) < 4.78 is 12.5. The number of hydrogen-bond donors (Lipinski definition) is 1. The van der Waals surface area contributed by atoms with Crippen LogP contribution in [0.4, 0.5) is 5.69 Å². The third kappa shape index (κ3) is 3.22. The minimum Gasteiger partial charge on any atom is -0.398 e. The third-order valence-corrected chi connectivity index (χ3v) is 4.98. The summed E-state index contributed by atoms with van der Waals surface area (Å²) in [5, 5.41) is 0.561. The van der Waals surface area contributed by atoms with E-state index in [2.05, 4.69) is 32.9 Å². The maximum atomic E-state index is 12.5. The summed E-state index contributed by atoms with van der Waals surface area (Å²) in [6, 6.07) is 9.34. The molecule has 0 aromatic heterocycles. The van der Waals surface area contributed by atoms with Crippen molar-refractivity contribution in [2.45, 2.75) is 31.4 Å². The van der Waals surface area contributed by atoms with Gasteiger partial charge in [0.05, 0.1) is 21.4 Å². The number of benzene rings is 2. The molecule has 2 N–H and O–H groups in total. The number of anilines is 1. The quantitative estimate of drug-likeness (QED) is 0.865. The Hall–Kier alpha value is -1.32. The lowest BCUT2D eigenvalue weighted by molar-refractivity contribution is 0.682. The maximum absolute atomic E-state index is 12.5. The lowest BCUT2D eigenvalue weighted by Crippen LogP contribution is -2.04. The highest BCUT2D eigenvalue weighted by Gasteiger charge is 2.12. The van der Waals surface area contributed by atoms with Gasteiger partial charge in [-0.25, -0.2) is 0 Å². The lowest BCUT2D eigenvalue weighted by atomic mass is 10.0. The fourth-order valence-corrected chi connectivity index (χ4v) is 3.97. The van der Waals surface area contributed by atoms with Gasteiger partial charge in [0.1, 0.15) is 0 Å². The molecule has 20 heavy (non-hydrogen) atoms. The van der Waals surface area contributed by atoms with E-state index in [1.54, 1.807) is 18.2 Å². The summed E-state index contributed by atoms with van der Waals surface area (Å²) in [7, 11) is -1.17. The van der Waals surface area contributed by atoms with Gasteiger partial charge in [-0.2, -0.15) is 0 Å². The van der Waals surface area contributed by atoms with Gasteiger partial charge in [-0.3, -0.25) is 4.21 Å². The van der Waals surface area contributed by atoms with Crippen LogP contribution < -0.4 is 5.73 Å². The van der Waals surface area contributed by atoms with Crippen molar-refractivity contribution in [3.8, 4) is 0 Å². The molecule has 0 saturated carbocycles. The molecule has 0 radical (unpaired) electrons. The van der Waals surface area contributed by atoms with Crippen molar-refractivity contribution >= 4 is 28.1 Å². The zero-order chi connectivity index (χ0) is 14.9. The average Bonchev–Trinajstić information content (AvgIpc) is 2.33. The van der Waals surface area contributed by atoms with Crippen LogP contribution in [0, 0.1) is 20.8 Å². The van der Waals surface area contributed by atoms with E-state index in [0.717, 1.165) is 5.56 Å². The van der Waals surface area contributed by atoms with Gasteiger partial charge in [-0.1, -0.05) is 29.3 Å². The Morgan fingerprint density at radius 2 is 1.70 bits per heavy atom. The van der Waals surface area contributed by atoms with Gasteiger partial charge in [0, 0.05) is 10.7 Å². The molecule has 0 aliphatic rings. The van der Waals surface area contributed by atoms with Gasteiger partial charge in [0.25, 0.3) is 0 Å². The van der Waals surface area contributed by atoms with Crippen LogP contribution >= 0.6 is 11.6 Å². The van der Waals surface area contributed by atoms with Crippen molar-refractivity contribution in [3.05, 3.63) is 57.6 Å². The van der Waals surface area contributed by atoms with Gasteiger partial charge in [-0.15, -0.1) is 0 Å². The van der Waals surface area contributed by atoms with E-state index in [4.69, 9.17) is 17.3 Å². The zero-order valence-corrected chi connectivity index (χ0v) is 13.4. The van der Waals surface area contributed by atoms with E-state index in [1.165, 1.54) is 16.7 Å². The Balaban J connectivity index is 2.33. The fraction of sp³-hybridized carbons (Fsp3) is 0.250. The monoisotopic (exact) mass is 307 g/mol. The number of nitrogen functional groups attached to an aromatic ring is 1. The van der Waals surface area contributed by atoms with Crippen LogP contribution in [0.15, 0.2) is 35.2 Å².